The zero-order chi connectivity index (χ0) is 38.6. The Balaban J connectivity index is 3.42. The third kappa shape index (κ3) is 42.4. The van der Waals surface area contributed by atoms with E-state index in [2.05, 4.69) is 19.2 Å². The fraction of sp³-hybridized carbons (Fsp3) is 0.980. The van der Waals surface area contributed by atoms with Gasteiger partial charge < -0.3 is 15.5 Å². The number of amides is 1. The average molecular weight is 750 g/mol. The van der Waals surface area contributed by atoms with Crippen molar-refractivity contribution in [3.63, 3.8) is 0 Å². The minimum Gasteiger partial charge on any atom is -0.394 e. The number of carbonyl (C=O) groups is 1. The number of nitrogens with one attached hydrogen (secondary N) is 1. The highest BCUT2D eigenvalue weighted by Gasteiger charge is 2.20. The maximum atomic E-state index is 12.4. The molecule has 0 unspecified atom stereocenters. The van der Waals surface area contributed by atoms with Crippen molar-refractivity contribution in [3.8, 4) is 0 Å². The zero-order valence-electron chi connectivity index (χ0n) is 36.6. The lowest BCUT2D eigenvalue weighted by atomic mass is 10.0. The number of rotatable bonds is 46. The highest BCUT2D eigenvalue weighted by molar-refractivity contribution is 5.76. The summed E-state index contributed by atoms with van der Waals surface area (Å²) >= 11 is 0. The minimum atomic E-state index is -0.653. The van der Waals surface area contributed by atoms with Gasteiger partial charge in [-0.15, -0.1) is 0 Å². The van der Waals surface area contributed by atoms with Gasteiger partial charge in [-0.05, 0) is 12.8 Å². The van der Waals surface area contributed by atoms with Crippen LogP contribution in [0.1, 0.15) is 290 Å². The Morgan fingerprint density at radius 2 is 0.604 bits per heavy atom. The number of carbonyl (C=O) groups excluding carboxylic acids is 1. The topological polar surface area (TPSA) is 69.6 Å². The summed E-state index contributed by atoms with van der Waals surface area (Å²) in [6, 6.07) is -0.530. The van der Waals surface area contributed by atoms with Crippen LogP contribution in [0.2, 0.25) is 0 Å². The molecule has 0 aromatic heterocycles. The summed E-state index contributed by atoms with van der Waals surface area (Å²) in [4.78, 5) is 12.4. The van der Waals surface area contributed by atoms with Crippen LogP contribution >= 0.6 is 0 Å². The molecular weight excluding hydrogens is 651 g/mol. The first-order valence-corrected chi connectivity index (χ1v) is 24.7. The van der Waals surface area contributed by atoms with Crippen LogP contribution in [0.5, 0.6) is 0 Å². The summed E-state index contributed by atoms with van der Waals surface area (Å²) in [5, 5.41) is 23.2. The van der Waals surface area contributed by atoms with Crippen LogP contribution in [-0.4, -0.2) is 34.9 Å². The molecule has 0 aromatic rings. The van der Waals surface area contributed by atoms with E-state index in [1.54, 1.807) is 0 Å². The van der Waals surface area contributed by atoms with Crippen molar-refractivity contribution in [2.45, 2.75) is 302 Å². The molecule has 3 N–H and O–H groups in total. The minimum absolute atomic E-state index is 0.0238. The van der Waals surface area contributed by atoms with Gasteiger partial charge in [-0.25, -0.2) is 0 Å². The first-order chi connectivity index (χ1) is 26.2. The molecule has 0 radical (unpaired) electrons. The Labute approximate surface area is 334 Å². The molecule has 4 nitrogen and oxygen atoms in total. The number of aliphatic hydroxyl groups is 2. The first-order valence-electron chi connectivity index (χ1n) is 24.7. The van der Waals surface area contributed by atoms with Gasteiger partial charge in [0.15, 0.2) is 0 Å². The normalized spacial score (nSPS) is 12.8. The Kier molecular flexibility index (Phi) is 45.3. The van der Waals surface area contributed by atoms with Crippen LogP contribution in [-0.2, 0) is 4.79 Å². The number of unbranched alkanes of at least 4 members (excludes halogenated alkanes) is 39. The van der Waals surface area contributed by atoms with Crippen LogP contribution in [0.15, 0.2) is 0 Å². The molecule has 0 aliphatic carbocycles. The maximum Gasteiger partial charge on any atom is 0.220 e. The fourth-order valence-corrected chi connectivity index (χ4v) is 8.07. The van der Waals surface area contributed by atoms with Crippen molar-refractivity contribution < 1.29 is 15.0 Å². The predicted octanol–water partition coefficient (Wildman–Crippen LogP) is 15.6. The molecule has 0 aliphatic heterocycles. The fourth-order valence-electron chi connectivity index (χ4n) is 8.07. The van der Waals surface area contributed by atoms with Crippen LogP contribution in [0, 0.1) is 0 Å². The van der Waals surface area contributed by atoms with E-state index in [-0.39, 0.29) is 12.5 Å². The summed E-state index contributed by atoms with van der Waals surface area (Å²) in [5.41, 5.74) is 0. The quantitative estimate of drug-likeness (QED) is 0.0543. The van der Waals surface area contributed by atoms with Gasteiger partial charge in [0.25, 0.3) is 0 Å². The van der Waals surface area contributed by atoms with Crippen LogP contribution in [0.25, 0.3) is 0 Å². The summed E-state index contributed by atoms with van der Waals surface area (Å²) in [6.07, 6.45) is 56.3. The standard InChI is InChI=1S/C49H99NO3/c1-3-5-7-9-11-13-15-17-19-21-22-23-24-25-26-27-29-31-33-35-37-39-41-43-45-49(53)50-47(46-51)48(52)44-42-40-38-36-34-32-30-28-20-18-16-14-12-10-8-6-4-2/h47-48,51-52H,3-46H2,1-2H3,(H,50,53)/t47-,48+/m0/s1. The van der Waals surface area contributed by atoms with Crippen LogP contribution in [0.4, 0.5) is 0 Å². The second kappa shape index (κ2) is 45.8. The summed E-state index contributed by atoms with van der Waals surface area (Å²) in [7, 11) is 0. The average Bonchev–Trinajstić information content (AvgIpc) is 3.16. The summed E-state index contributed by atoms with van der Waals surface area (Å²) < 4.78 is 0. The maximum absolute atomic E-state index is 12.4. The van der Waals surface area contributed by atoms with Crippen molar-refractivity contribution in [1.82, 2.24) is 5.32 Å². The number of hydrogen-bond donors (Lipinski definition) is 3. The summed E-state index contributed by atoms with van der Waals surface area (Å²) in [5.74, 6) is -0.0238. The number of hydrogen-bond acceptors (Lipinski definition) is 3. The molecule has 0 rings (SSSR count). The van der Waals surface area contributed by atoms with Crippen molar-refractivity contribution in [2.24, 2.45) is 0 Å². The molecule has 318 valence electrons. The molecule has 0 bridgehead atoms. The number of aliphatic hydroxyl groups excluding tert-OH is 2. The van der Waals surface area contributed by atoms with E-state index >= 15 is 0 Å². The molecule has 0 spiro atoms. The molecule has 1 amide bonds. The second-order valence-corrected chi connectivity index (χ2v) is 17.3. The van der Waals surface area contributed by atoms with E-state index in [4.69, 9.17) is 0 Å². The van der Waals surface area contributed by atoms with Gasteiger partial charge in [0.05, 0.1) is 18.8 Å². The Hall–Kier alpha value is -0.610. The van der Waals surface area contributed by atoms with Gasteiger partial charge in [-0.3, -0.25) is 4.79 Å². The van der Waals surface area contributed by atoms with E-state index in [1.165, 1.54) is 238 Å². The van der Waals surface area contributed by atoms with Gasteiger partial charge in [-0.2, -0.15) is 0 Å². The second-order valence-electron chi connectivity index (χ2n) is 17.3. The van der Waals surface area contributed by atoms with Crippen molar-refractivity contribution in [1.29, 1.82) is 0 Å². The van der Waals surface area contributed by atoms with Crippen molar-refractivity contribution >= 4 is 5.91 Å². The van der Waals surface area contributed by atoms with Gasteiger partial charge in [0.1, 0.15) is 0 Å². The van der Waals surface area contributed by atoms with Crippen LogP contribution in [0.3, 0.4) is 0 Å². The van der Waals surface area contributed by atoms with E-state index in [9.17, 15) is 15.0 Å². The van der Waals surface area contributed by atoms with E-state index < -0.39 is 12.1 Å². The molecule has 4 heteroatoms. The predicted molar refractivity (Wildman–Crippen MR) is 235 cm³/mol. The molecule has 0 saturated heterocycles. The molecule has 0 fully saturated rings. The smallest absolute Gasteiger partial charge is 0.220 e. The molecule has 0 aliphatic rings. The first kappa shape index (κ1) is 52.4. The molecule has 0 aromatic carbocycles. The van der Waals surface area contributed by atoms with Crippen LogP contribution < -0.4 is 5.32 Å². The highest BCUT2D eigenvalue weighted by atomic mass is 16.3. The lowest BCUT2D eigenvalue weighted by molar-refractivity contribution is -0.123. The van der Waals surface area contributed by atoms with Gasteiger partial charge in [0, 0.05) is 6.42 Å². The van der Waals surface area contributed by atoms with Crippen molar-refractivity contribution in [2.75, 3.05) is 6.61 Å². The molecule has 0 saturated carbocycles. The monoisotopic (exact) mass is 750 g/mol. The lowest BCUT2D eigenvalue weighted by Crippen LogP contribution is -2.45. The Morgan fingerprint density at radius 1 is 0.377 bits per heavy atom. The molecule has 2 atom stereocenters. The third-order valence-electron chi connectivity index (χ3n) is 11.9. The van der Waals surface area contributed by atoms with Gasteiger partial charge >= 0.3 is 0 Å². The lowest BCUT2D eigenvalue weighted by Gasteiger charge is -2.22. The highest BCUT2D eigenvalue weighted by Crippen LogP contribution is 2.18. The van der Waals surface area contributed by atoms with E-state index in [0.717, 1.165) is 25.7 Å². The molecule has 53 heavy (non-hydrogen) atoms. The van der Waals surface area contributed by atoms with Gasteiger partial charge in [0.2, 0.25) is 5.91 Å². The zero-order valence-corrected chi connectivity index (χ0v) is 36.6. The Morgan fingerprint density at radius 3 is 0.849 bits per heavy atom. The van der Waals surface area contributed by atoms with Crippen molar-refractivity contribution in [3.05, 3.63) is 0 Å². The molecule has 0 heterocycles. The van der Waals surface area contributed by atoms with E-state index in [0.29, 0.717) is 12.8 Å². The summed E-state index contributed by atoms with van der Waals surface area (Å²) in [6.45, 7) is 4.39. The Bertz CT molecular complexity index is 685. The third-order valence-corrected chi connectivity index (χ3v) is 11.9. The van der Waals surface area contributed by atoms with Gasteiger partial charge in [-0.1, -0.05) is 271 Å². The molecular formula is C49H99NO3. The SMILES string of the molecule is CCCCCCCCCCCCCCCCCCCCCCCCCCC(=O)N[C@@H](CO)[C@H](O)CCCCCCCCCCCCCCCCCCC. The van der Waals surface area contributed by atoms with E-state index in [1.807, 2.05) is 0 Å². The largest absolute Gasteiger partial charge is 0.394 e.